The second-order valence-corrected chi connectivity index (χ2v) is 6.07. The van der Waals surface area contributed by atoms with Gasteiger partial charge in [0.25, 0.3) is 0 Å². The minimum Gasteiger partial charge on any atom is -0.494 e. The van der Waals surface area contributed by atoms with Gasteiger partial charge in [-0.25, -0.2) is 0 Å². The summed E-state index contributed by atoms with van der Waals surface area (Å²) in [5.41, 5.74) is 1.25. The molecule has 1 N–H and O–H groups in total. The highest BCUT2D eigenvalue weighted by Crippen LogP contribution is 2.25. The molecule has 21 heavy (non-hydrogen) atoms. The number of benzene rings is 1. The van der Waals surface area contributed by atoms with Crippen molar-refractivity contribution >= 4 is 0 Å². The minimum absolute atomic E-state index is 0.324. The molecule has 1 fully saturated rings. The number of hydrogen-bond acceptors (Lipinski definition) is 3. The predicted octanol–water partition coefficient (Wildman–Crippen LogP) is 3.61. The van der Waals surface area contributed by atoms with Crippen LogP contribution in [-0.4, -0.2) is 37.7 Å². The van der Waals surface area contributed by atoms with E-state index in [0.29, 0.717) is 12.6 Å². The Morgan fingerprint density at radius 3 is 2.71 bits per heavy atom. The topological polar surface area (TPSA) is 24.5 Å². The quantitative estimate of drug-likeness (QED) is 0.791. The summed E-state index contributed by atoms with van der Waals surface area (Å²) in [6.07, 6.45) is 5.56. The van der Waals surface area contributed by atoms with Gasteiger partial charge < -0.3 is 15.0 Å². The summed E-state index contributed by atoms with van der Waals surface area (Å²) in [5, 5.41) is 3.63. The van der Waals surface area contributed by atoms with Crippen LogP contribution in [0.15, 0.2) is 24.3 Å². The van der Waals surface area contributed by atoms with E-state index in [-0.39, 0.29) is 0 Å². The Labute approximate surface area is 129 Å². The Balaban J connectivity index is 1.80. The molecule has 0 aliphatic heterocycles. The smallest absolute Gasteiger partial charge is 0.124 e. The number of hydrogen-bond donors (Lipinski definition) is 1. The molecule has 0 radical (unpaired) electrons. The molecule has 2 rings (SSSR count). The zero-order valence-corrected chi connectivity index (χ0v) is 13.8. The van der Waals surface area contributed by atoms with Gasteiger partial charge in [-0.3, -0.25) is 0 Å². The first kappa shape index (κ1) is 16.3. The fourth-order valence-electron chi connectivity index (χ4n) is 3.22. The predicted molar refractivity (Wildman–Crippen MR) is 88.9 cm³/mol. The Morgan fingerprint density at radius 1 is 1.29 bits per heavy atom. The standard InChI is InChI=1S/C18H30N2O/c1-4-21-18-12-8-7-11-17(18)15(2)19-13-14-20(3)16-9-5-6-10-16/h7-8,11-12,15-16,19H,4-6,9-10,13-14H2,1-3H3. The fraction of sp³-hybridized carbons (Fsp3) is 0.667. The van der Waals surface area contributed by atoms with Crippen LogP contribution >= 0.6 is 0 Å². The maximum Gasteiger partial charge on any atom is 0.124 e. The SMILES string of the molecule is CCOc1ccccc1C(C)NCCN(C)C1CCCC1. The average Bonchev–Trinajstić information content (AvgIpc) is 3.02. The third kappa shape index (κ3) is 4.72. The van der Waals surface area contributed by atoms with E-state index in [2.05, 4.69) is 42.4 Å². The minimum atomic E-state index is 0.324. The summed E-state index contributed by atoms with van der Waals surface area (Å²) in [4.78, 5) is 2.52. The first-order chi connectivity index (χ1) is 10.2. The van der Waals surface area contributed by atoms with E-state index >= 15 is 0 Å². The Hall–Kier alpha value is -1.06. The monoisotopic (exact) mass is 290 g/mol. The molecule has 1 aromatic rings. The Morgan fingerprint density at radius 2 is 2.00 bits per heavy atom. The first-order valence-corrected chi connectivity index (χ1v) is 8.37. The van der Waals surface area contributed by atoms with Crippen LogP contribution in [0, 0.1) is 0 Å². The van der Waals surface area contributed by atoms with Gasteiger partial charge in [-0.15, -0.1) is 0 Å². The number of para-hydroxylation sites is 1. The van der Waals surface area contributed by atoms with Gasteiger partial charge in [-0.2, -0.15) is 0 Å². The molecule has 1 saturated carbocycles. The van der Waals surface area contributed by atoms with E-state index in [0.717, 1.165) is 24.9 Å². The van der Waals surface area contributed by atoms with Crippen molar-refractivity contribution < 1.29 is 4.74 Å². The maximum absolute atomic E-state index is 5.72. The molecule has 0 heterocycles. The van der Waals surface area contributed by atoms with E-state index < -0.39 is 0 Å². The lowest BCUT2D eigenvalue weighted by molar-refractivity contribution is 0.242. The summed E-state index contributed by atoms with van der Waals surface area (Å²) < 4.78 is 5.72. The lowest BCUT2D eigenvalue weighted by Gasteiger charge is -2.25. The highest BCUT2D eigenvalue weighted by Gasteiger charge is 2.19. The van der Waals surface area contributed by atoms with Crippen molar-refractivity contribution in [3.63, 3.8) is 0 Å². The number of rotatable bonds is 8. The lowest BCUT2D eigenvalue weighted by atomic mass is 10.1. The van der Waals surface area contributed by atoms with Crippen molar-refractivity contribution in [3.8, 4) is 5.75 Å². The zero-order chi connectivity index (χ0) is 15.1. The van der Waals surface area contributed by atoms with E-state index in [1.165, 1.54) is 31.2 Å². The molecule has 1 unspecified atom stereocenters. The molecule has 1 aliphatic carbocycles. The normalized spacial score (nSPS) is 17.3. The van der Waals surface area contributed by atoms with Crippen LogP contribution in [0.4, 0.5) is 0 Å². The van der Waals surface area contributed by atoms with Crippen LogP contribution in [0.5, 0.6) is 5.75 Å². The highest BCUT2D eigenvalue weighted by atomic mass is 16.5. The largest absolute Gasteiger partial charge is 0.494 e. The van der Waals surface area contributed by atoms with Gasteiger partial charge in [0, 0.05) is 30.7 Å². The number of ether oxygens (including phenoxy) is 1. The van der Waals surface area contributed by atoms with Gasteiger partial charge in [0.1, 0.15) is 5.75 Å². The second-order valence-electron chi connectivity index (χ2n) is 6.07. The molecule has 3 nitrogen and oxygen atoms in total. The van der Waals surface area contributed by atoms with Crippen LogP contribution in [0.25, 0.3) is 0 Å². The van der Waals surface area contributed by atoms with Gasteiger partial charge in [0.15, 0.2) is 0 Å². The lowest BCUT2D eigenvalue weighted by Crippen LogP contribution is -2.36. The van der Waals surface area contributed by atoms with Crippen molar-refractivity contribution in [1.82, 2.24) is 10.2 Å². The second kappa shape index (κ2) is 8.40. The van der Waals surface area contributed by atoms with E-state index in [1.807, 2.05) is 13.0 Å². The molecule has 0 spiro atoms. The van der Waals surface area contributed by atoms with Crippen molar-refractivity contribution in [2.75, 3.05) is 26.7 Å². The molecule has 1 aromatic carbocycles. The van der Waals surface area contributed by atoms with Gasteiger partial charge in [0.2, 0.25) is 0 Å². The average molecular weight is 290 g/mol. The number of nitrogens with one attached hydrogen (secondary N) is 1. The van der Waals surface area contributed by atoms with Crippen LogP contribution in [-0.2, 0) is 0 Å². The molecule has 0 amide bonds. The molecule has 0 saturated heterocycles. The molecular weight excluding hydrogens is 260 g/mol. The van der Waals surface area contributed by atoms with Crippen molar-refractivity contribution in [2.24, 2.45) is 0 Å². The highest BCUT2D eigenvalue weighted by molar-refractivity contribution is 5.35. The Bertz CT molecular complexity index is 415. The van der Waals surface area contributed by atoms with E-state index in [9.17, 15) is 0 Å². The molecule has 3 heteroatoms. The third-order valence-corrected chi connectivity index (χ3v) is 4.55. The van der Waals surface area contributed by atoms with Crippen molar-refractivity contribution in [3.05, 3.63) is 29.8 Å². The summed E-state index contributed by atoms with van der Waals surface area (Å²) in [6.45, 7) is 7.10. The zero-order valence-electron chi connectivity index (χ0n) is 13.8. The molecule has 0 aromatic heterocycles. The first-order valence-electron chi connectivity index (χ1n) is 8.37. The van der Waals surface area contributed by atoms with Crippen LogP contribution in [0.2, 0.25) is 0 Å². The Kier molecular flexibility index (Phi) is 6.52. The van der Waals surface area contributed by atoms with Gasteiger partial charge >= 0.3 is 0 Å². The van der Waals surface area contributed by atoms with Gasteiger partial charge in [-0.1, -0.05) is 31.0 Å². The summed E-state index contributed by atoms with van der Waals surface area (Å²) >= 11 is 0. The molecule has 0 bridgehead atoms. The van der Waals surface area contributed by atoms with Crippen LogP contribution < -0.4 is 10.1 Å². The van der Waals surface area contributed by atoms with E-state index in [1.54, 1.807) is 0 Å². The van der Waals surface area contributed by atoms with Gasteiger partial charge in [0.05, 0.1) is 6.61 Å². The van der Waals surface area contributed by atoms with E-state index in [4.69, 9.17) is 4.74 Å². The van der Waals surface area contributed by atoms with Gasteiger partial charge in [-0.05, 0) is 39.8 Å². The molecular formula is C18H30N2O. The van der Waals surface area contributed by atoms with Crippen LogP contribution in [0.1, 0.15) is 51.1 Å². The maximum atomic E-state index is 5.72. The van der Waals surface area contributed by atoms with Crippen LogP contribution in [0.3, 0.4) is 0 Å². The summed E-state index contributed by atoms with van der Waals surface area (Å²) in [7, 11) is 2.26. The number of likely N-dealkylation sites (N-methyl/N-ethyl adjacent to an activating group) is 1. The number of nitrogens with zero attached hydrogens (tertiary/aromatic N) is 1. The molecule has 1 atom stereocenters. The van der Waals surface area contributed by atoms with Crippen molar-refractivity contribution in [2.45, 2.75) is 51.6 Å². The molecule has 1 aliphatic rings. The molecule has 118 valence electrons. The third-order valence-electron chi connectivity index (χ3n) is 4.55. The summed E-state index contributed by atoms with van der Waals surface area (Å²) in [5.74, 6) is 1.00. The fourth-order valence-corrected chi connectivity index (χ4v) is 3.22. The summed E-state index contributed by atoms with van der Waals surface area (Å²) in [6, 6.07) is 9.46. The van der Waals surface area contributed by atoms with Crippen molar-refractivity contribution in [1.29, 1.82) is 0 Å².